The lowest BCUT2D eigenvalue weighted by Crippen LogP contribution is -2.33. The molecule has 2 aliphatic rings. The summed E-state index contributed by atoms with van der Waals surface area (Å²) in [5, 5.41) is 10.5. The number of likely N-dealkylation sites (tertiary alicyclic amines) is 1. The Bertz CT molecular complexity index is 1010. The second kappa shape index (κ2) is 8.32. The van der Waals surface area contributed by atoms with Crippen LogP contribution in [0, 0.1) is 5.92 Å². The molecular weight excluding hydrogens is 382 g/mol. The quantitative estimate of drug-likeness (QED) is 0.609. The number of carbonyl (C=O) groups excluding carboxylic acids is 2. The number of allylic oxidation sites excluding steroid dienone is 1. The van der Waals surface area contributed by atoms with Crippen LogP contribution >= 0.6 is 0 Å². The molecule has 30 heavy (non-hydrogen) atoms. The van der Waals surface area contributed by atoms with E-state index < -0.39 is 5.97 Å². The number of ether oxygens (including phenoxy) is 2. The van der Waals surface area contributed by atoms with Crippen molar-refractivity contribution in [2.75, 3.05) is 20.2 Å². The van der Waals surface area contributed by atoms with Gasteiger partial charge in [-0.2, -0.15) is 0 Å². The number of carbonyl (C=O) groups is 2. The van der Waals surface area contributed by atoms with Crippen LogP contribution in [0.15, 0.2) is 42.2 Å². The Morgan fingerprint density at radius 1 is 1.27 bits per heavy atom. The van der Waals surface area contributed by atoms with E-state index in [-0.39, 0.29) is 17.3 Å². The second-order valence-electron chi connectivity index (χ2n) is 7.98. The fraction of sp³-hybridized carbons (Fsp3) is 0.333. The van der Waals surface area contributed by atoms with Crippen molar-refractivity contribution >= 4 is 17.8 Å². The summed E-state index contributed by atoms with van der Waals surface area (Å²) < 4.78 is 10.6. The minimum atomic E-state index is -0.415. The number of phenolic OH excluding ortho intramolecular Hbond substituents is 1. The topological polar surface area (TPSA) is 76.1 Å². The standard InChI is InChI=1S/C24H25NO5/c1-15-4-3-11-25(13-15)14-19-20(26)10-9-18-22(27)21(30-23(18)19)12-16-5-7-17(8-6-16)24(28)29-2/h5-10,12,15,26H,3-4,11,13-14H2,1-2H3/t15-/m1/s1. The van der Waals surface area contributed by atoms with Crippen LogP contribution < -0.4 is 4.74 Å². The summed E-state index contributed by atoms with van der Waals surface area (Å²) >= 11 is 0. The number of nitrogens with zero attached hydrogens (tertiary/aromatic N) is 1. The van der Waals surface area contributed by atoms with Crippen LogP contribution in [0.25, 0.3) is 6.08 Å². The molecule has 0 unspecified atom stereocenters. The molecule has 2 aromatic carbocycles. The summed E-state index contributed by atoms with van der Waals surface area (Å²) in [5.74, 6) is 0.773. The Labute approximate surface area is 175 Å². The number of aromatic hydroxyl groups is 1. The third-order valence-electron chi connectivity index (χ3n) is 5.67. The number of methoxy groups -OCH3 is 1. The van der Waals surface area contributed by atoms with Crippen LogP contribution in [0.1, 0.15) is 51.6 Å². The minimum absolute atomic E-state index is 0.142. The first kappa shape index (κ1) is 20.2. The van der Waals surface area contributed by atoms with E-state index in [0.29, 0.717) is 34.9 Å². The Hall–Kier alpha value is -3.12. The average Bonchev–Trinajstić information content (AvgIpc) is 3.06. The molecule has 0 spiro atoms. The first-order chi connectivity index (χ1) is 14.5. The zero-order valence-corrected chi connectivity index (χ0v) is 17.2. The Kier molecular flexibility index (Phi) is 5.59. The van der Waals surface area contributed by atoms with Gasteiger partial charge in [0.25, 0.3) is 0 Å². The maximum atomic E-state index is 12.9. The van der Waals surface area contributed by atoms with Gasteiger partial charge in [0.1, 0.15) is 11.5 Å². The van der Waals surface area contributed by atoms with Gasteiger partial charge in [0.15, 0.2) is 5.76 Å². The fourth-order valence-electron chi connectivity index (χ4n) is 4.09. The van der Waals surface area contributed by atoms with E-state index in [4.69, 9.17) is 9.47 Å². The molecule has 0 radical (unpaired) electrons. The highest BCUT2D eigenvalue weighted by molar-refractivity contribution is 6.15. The molecule has 2 heterocycles. The summed E-state index contributed by atoms with van der Waals surface area (Å²) in [5.41, 5.74) is 2.28. The predicted molar refractivity (Wildman–Crippen MR) is 112 cm³/mol. The van der Waals surface area contributed by atoms with E-state index in [0.717, 1.165) is 25.1 Å². The third-order valence-corrected chi connectivity index (χ3v) is 5.67. The maximum Gasteiger partial charge on any atom is 0.337 e. The summed E-state index contributed by atoms with van der Waals surface area (Å²) in [6.45, 7) is 4.71. The minimum Gasteiger partial charge on any atom is -0.507 e. The number of phenols is 1. The predicted octanol–water partition coefficient (Wildman–Crippen LogP) is 4.03. The number of benzene rings is 2. The average molecular weight is 407 g/mol. The maximum absolute atomic E-state index is 12.9. The van der Waals surface area contributed by atoms with E-state index in [2.05, 4.69) is 11.8 Å². The van der Waals surface area contributed by atoms with Gasteiger partial charge >= 0.3 is 5.97 Å². The molecule has 1 N–H and O–H groups in total. The molecular formula is C24H25NO5. The Morgan fingerprint density at radius 3 is 2.73 bits per heavy atom. The van der Waals surface area contributed by atoms with Crippen molar-refractivity contribution in [1.82, 2.24) is 4.90 Å². The molecule has 6 nitrogen and oxygen atoms in total. The molecule has 2 aromatic rings. The van der Waals surface area contributed by atoms with Crippen LogP contribution in [0.2, 0.25) is 0 Å². The molecule has 156 valence electrons. The van der Waals surface area contributed by atoms with Crippen LogP contribution in [-0.2, 0) is 11.3 Å². The van der Waals surface area contributed by atoms with Crippen molar-refractivity contribution < 1.29 is 24.2 Å². The van der Waals surface area contributed by atoms with Gasteiger partial charge in [0, 0.05) is 13.1 Å². The number of Topliss-reactive ketones (excluding diaryl/α,β-unsaturated/α-hetero) is 1. The third kappa shape index (κ3) is 3.96. The fourth-order valence-corrected chi connectivity index (χ4v) is 4.09. The smallest absolute Gasteiger partial charge is 0.337 e. The van der Waals surface area contributed by atoms with Crippen LogP contribution in [-0.4, -0.2) is 42.0 Å². The highest BCUT2D eigenvalue weighted by Crippen LogP contribution is 2.40. The molecule has 0 aliphatic carbocycles. The second-order valence-corrected chi connectivity index (χ2v) is 7.98. The highest BCUT2D eigenvalue weighted by atomic mass is 16.5. The lowest BCUT2D eigenvalue weighted by atomic mass is 9.99. The number of rotatable bonds is 4. The zero-order chi connectivity index (χ0) is 21.3. The summed E-state index contributed by atoms with van der Waals surface area (Å²) in [4.78, 5) is 26.7. The Morgan fingerprint density at radius 2 is 2.03 bits per heavy atom. The van der Waals surface area contributed by atoms with Gasteiger partial charge in [-0.1, -0.05) is 19.1 Å². The van der Waals surface area contributed by atoms with Gasteiger partial charge in [-0.15, -0.1) is 0 Å². The van der Waals surface area contributed by atoms with Gasteiger partial charge in [0.05, 0.1) is 23.8 Å². The van der Waals surface area contributed by atoms with Crippen molar-refractivity contribution in [3.05, 3.63) is 64.4 Å². The Balaban J connectivity index is 1.59. The van der Waals surface area contributed by atoms with E-state index in [1.807, 2.05) is 0 Å². The first-order valence-electron chi connectivity index (χ1n) is 10.2. The van der Waals surface area contributed by atoms with Crippen molar-refractivity contribution in [1.29, 1.82) is 0 Å². The van der Waals surface area contributed by atoms with E-state index in [1.165, 1.54) is 13.5 Å². The van der Waals surface area contributed by atoms with Crippen molar-refractivity contribution in [3.8, 4) is 11.5 Å². The van der Waals surface area contributed by atoms with Gasteiger partial charge in [-0.3, -0.25) is 9.69 Å². The van der Waals surface area contributed by atoms with Gasteiger partial charge in [-0.25, -0.2) is 4.79 Å². The zero-order valence-electron chi connectivity index (χ0n) is 17.2. The molecule has 4 rings (SSSR count). The number of fused-ring (bicyclic) bond motifs is 1. The molecule has 6 heteroatoms. The molecule has 0 bridgehead atoms. The molecule has 1 saturated heterocycles. The highest BCUT2D eigenvalue weighted by Gasteiger charge is 2.32. The molecule has 0 aromatic heterocycles. The number of hydrogen-bond acceptors (Lipinski definition) is 6. The lowest BCUT2D eigenvalue weighted by molar-refractivity contribution is 0.0600. The number of hydrogen-bond donors (Lipinski definition) is 1. The SMILES string of the molecule is COC(=O)c1ccc(C=C2Oc3c(ccc(O)c3CN3CCC[C@@H](C)C3)C2=O)cc1. The summed E-state index contributed by atoms with van der Waals surface area (Å²) in [6.07, 6.45) is 3.99. The summed E-state index contributed by atoms with van der Waals surface area (Å²) in [7, 11) is 1.33. The van der Waals surface area contributed by atoms with Crippen molar-refractivity contribution in [2.24, 2.45) is 5.92 Å². The van der Waals surface area contributed by atoms with Gasteiger partial charge in [0.2, 0.25) is 5.78 Å². The van der Waals surface area contributed by atoms with Crippen LogP contribution in [0.3, 0.4) is 0 Å². The van der Waals surface area contributed by atoms with Crippen LogP contribution in [0.4, 0.5) is 0 Å². The van der Waals surface area contributed by atoms with Gasteiger partial charge in [-0.05, 0) is 61.2 Å². The molecule has 1 fully saturated rings. The molecule has 2 aliphatic heterocycles. The lowest BCUT2D eigenvalue weighted by Gasteiger charge is -2.31. The largest absolute Gasteiger partial charge is 0.507 e. The number of piperidine rings is 1. The van der Waals surface area contributed by atoms with E-state index in [1.54, 1.807) is 42.5 Å². The van der Waals surface area contributed by atoms with Crippen molar-refractivity contribution in [2.45, 2.75) is 26.3 Å². The molecule has 0 saturated carbocycles. The number of esters is 1. The molecule has 1 atom stereocenters. The van der Waals surface area contributed by atoms with Crippen molar-refractivity contribution in [3.63, 3.8) is 0 Å². The van der Waals surface area contributed by atoms with Crippen LogP contribution in [0.5, 0.6) is 11.5 Å². The van der Waals surface area contributed by atoms with Gasteiger partial charge < -0.3 is 14.6 Å². The summed E-state index contributed by atoms with van der Waals surface area (Å²) in [6, 6.07) is 9.91. The molecule has 0 amide bonds. The normalized spacial score (nSPS) is 20.1. The first-order valence-corrected chi connectivity index (χ1v) is 10.2. The number of ketones is 1. The van der Waals surface area contributed by atoms with E-state index >= 15 is 0 Å². The monoisotopic (exact) mass is 407 g/mol. The van der Waals surface area contributed by atoms with E-state index in [9.17, 15) is 14.7 Å².